The summed E-state index contributed by atoms with van der Waals surface area (Å²) in [6.45, 7) is 0.855. The summed E-state index contributed by atoms with van der Waals surface area (Å²) in [6.07, 6.45) is 9.34. The molecule has 268 valence electrons. The molecule has 1 saturated heterocycles. The second-order valence-corrected chi connectivity index (χ2v) is 13.7. The number of hydrogen-bond acceptors (Lipinski definition) is 9. The molecule has 3 amide bonds. The van der Waals surface area contributed by atoms with Crippen LogP contribution in [0.3, 0.4) is 0 Å². The fourth-order valence-electron chi connectivity index (χ4n) is 7.21. The molecule has 4 aromatic heterocycles. The molecule has 2 aliphatic heterocycles. The van der Waals surface area contributed by atoms with E-state index in [0.29, 0.717) is 42.5 Å². The van der Waals surface area contributed by atoms with E-state index in [1.165, 1.54) is 4.90 Å². The third-order valence-corrected chi connectivity index (χ3v) is 10.1. The molecule has 12 heteroatoms. The Morgan fingerprint density at radius 2 is 1.72 bits per heavy atom. The molecule has 0 spiro atoms. The lowest BCUT2D eigenvalue weighted by Gasteiger charge is -2.34. The number of piperidine rings is 1. The zero-order valence-electron chi connectivity index (χ0n) is 29.1. The van der Waals surface area contributed by atoms with Gasteiger partial charge in [-0.15, -0.1) is 0 Å². The lowest BCUT2D eigenvalue weighted by molar-refractivity contribution is -0.136. The second kappa shape index (κ2) is 14.1. The van der Waals surface area contributed by atoms with E-state index in [2.05, 4.69) is 55.3 Å². The van der Waals surface area contributed by atoms with Crippen LogP contribution >= 0.6 is 0 Å². The number of rotatable bonds is 9. The maximum absolute atomic E-state index is 12.9. The summed E-state index contributed by atoms with van der Waals surface area (Å²) in [4.78, 5) is 54.9. The Bertz CT molecular complexity index is 2480. The fraction of sp³-hybridized carbons (Fsp3) is 0.238. The predicted molar refractivity (Wildman–Crippen MR) is 198 cm³/mol. The molecule has 1 saturated carbocycles. The van der Waals surface area contributed by atoms with Crippen molar-refractivity contribution in [3.8, 4) is 34.6 Å². The molecule has 54 heavy (non-hydrogen) atoms. The summed E-state index contributed by atoms with van der Waals surface area (Å²) in [7, 11) is 0. The van der Waals surface area contributed by atoms with Gasteiger partial charge in [0, 0.05) is 83.4 Å². The van der Waals surface area contributed by atoms with Gasteiger partial charge >= 0.3 is 0 Å². The summed E-state index contributed by atoms with van der Waals surface area (Å²) in [5.41, 5.74) is 7.14. The monoisotopic (exact) mass is 718 g/mol. The average Bonchev–Trinajstić information content (AvgIpc) is 3.71. The molecule has 2 aromatic carbocycles. The van der Waals surface area contributed by atoms with Crippen LogP contribution < -0.4 is 14.8 Å². The number of hydrogen-bond donors (Lipinski definition) is 2. The van der Waals surface area contributed by atoms with Crippen molar-refractivity contribution in [1.82, 2.24) is 30.2 Å². The van der Waals surface area contributed by atoms with Gasteiger partial charge < -0.3 is 24.1 Å². The van der Waals surface area contributed by atoms with Crippen molar-refractivity contribution in [3.63, 3.8) is 0 Å². The predicted octanol–water partition coefficient (Wildman–Crippen LogP) is 5.49. The third kappa shape index (κ3) is 6.73. The van der Waals surface area contributed by atoms with Crippen LogP contribution in [0, 0.1) is 11.8 Å². The van der Waals surface area contributed by atoms with Gasteiger partial charge in [0.2, 0.25) is 17.7 Å². The van der Waals surface area contributed by atoms with Gasteiger partial charge in [-0.3, -0.25) is 24.7 Å². The first-order valence-electron chi connectivity index (χ1n) is 17.9. The molecule has 1 atom stereocenters. The average molecular weight is 719 g/mol. The number of carbonyl (C=O) groups excluding carboxylic acids is 3. The topological polar surface area (TPSA) is 149 Å². The van der Waals surface area contributed by atoms with Gasteiger partial charge in [-0.1, -0.05) is 30.2 Å². The van der Waals surface area contributed by atoms with E-state index in [1.54, 1.807) is 18.5 Å². The summed E-state index contributed by atoms with van der Waals surface area (Å²) >= 11 is 0. The SMILES string of the molecule is O=C1CCC(N2Cc3cc(COCC#Cc4ccc(O[C@H]5C[C@H](Oc6ccc(-c7ccc8c(c7)[nH]c7ccncc78)cn6)C5)cn4)ccc3C2=O)C(=O)N1. The Kier molecular flexibility index (Phi) is 8.69. The maximum Gasteiger partial charge on any atom is 0.255 e. The molecule has 6 heterocycles. The molecular formula is C42H34N6O6. The summed E-state index contributed by atoms with van der Waals surface area (Å²) in [5.74, 6) is 6.35. The Labute approximate surface area is 309 Å². The third-order valence-electron chi connectivity index (χ3n) is 10.1. The first-order valence-corrected chi connectivity index (χ1v) is 17.9. The molecule has 2 N–H and O–H groups in total. The van der Waals surface area contributed by atoms with E-state index in [9.17, 15) is 14.4 Å². The number of carbonyl (C=O) groups is 3. The number of H-pyrrole nitrogens is 1. The number of imide groups is 1. The highest BCUT2D eigenvalue weighted by Crippen LogP contribution is 2.32. The highest BCUT2D eigenvalue weighted by molar-refractivity contribution is 6.08. The molecule has 1 aliphatic carbocycles. The molecule has 9 rings (SSSR count). The molecule has 1 unspecified atom stereocenters. The van der Waals surface area contributed by atoms with Crippen LogP contribution in [0.25, 0.3) is 32.9 Å². The molecule has 12 nitrogen and oxygen atoms in total. The molecular weight excluding hydrogens is 684 g/mol. The van der Waals surface area contributed by atoms with Crippen LogP contribution in [0.1, 0.15) is 52.9 Å². The van der Waals surface area contributed by atoms with Crippen LogP contribution in [-0.2, 0) is 27.5 Å². The van der Waals surface area contributed by atoms with E-state index in [0.717, 1.165) is 56.9 Å². The van der Waals surface area contributed by atoms with Crippen molar-refractivity contribution >= 4 is 39.5 Å². The quantitative estimate of drug-likeness (QED) is 0.112. The lowest BCUT2D eigenvalue weighted by Crippen LogP contribution is -2.52. The van der Waals surface area contributed by atoms with Crippen molar-refractivity contribution in [2.75, 3.05) is 6.61 Å². The number of benzene rings is 2. The van der Waals surface area contributed by atoms with Gasteiger partial charge in [-0.25, -0.2) is 9.97 Å². The Hall–Kier alpha value is -6.58. The molecule has 3 aliphatic rings. The van der Waals surface area contributed by atoms with Gasteiger partial charge in [0.05, 0.1) is 12.8 Å². The Balaban J connectivity index is 0.706. The van der Waals surface area contributed by atoms with Crippen molar-refractivity contribution in [3.05, 3.63) is 114 Å². The standard InChI is InChI=1S/C42H34N6O6/c49-39-11-10-38(41(50)47-39)48-23-28-16-25(3-8-33(28)42(48)51)24-52-15-1-2-29-6-7-30(21-44-29)53-31-18-32(19-31)54-40-12-5-27(20-45-40)26-4-9-34-35-22-43-14-13-36(35)46-37(34)17-26/h3-9,12-14,16-17,20-22,31-32,38,46H,10-11,15,18-19,23-24H2,(H,47,49,50)/t31-,32-,38?. The Morgan fingerprint density at radius 3 is 2.56 bits per heavy atom. The number of ether oxygens (including phenoxy) is 3. The van der Waals surface area contributed by atoms with Gasteiger partial charge in [0.15, 0.2) is 0 Å². The molecule has 0 bridgehead atoms. The highest BCUT2D eigenvalue weighted by atomic mass is 16.5. The maximum atomic E-state index is 12.9. The van der Waals surface area contributed by atoms with Gasteiger partial charge in [-0.05, 0) is 65.4 Å². The summed E-state index contributed by atoms with van der Waals surface area (Å²) in [5, 5.41) is 4.58. The van der Waals surface area contributed by atoms with E-state index >= 15 is 0 Å². The van der Waals surface area contributed by atoms with E-state index < -0.39 is 11.9 Å². The number of aromatic nitrogens is 4. The number of nitrogens with zero attached hydrogens (tertiary/aromatic N) is 4. The fourth-order valence-corrected chi connectivity index (χ4v) is 7.21. The minimum absolute atomic E-state index is 0.0366. The molecule has 0 radical (unpaired) electrons. The zero-order valence-corrected chi connectivity index (χ0v) is 29.1. The van der Waals surface area contributed by atoms with Crippen LogP contribution in [0.4, 0.5) is 0 Å². The highest BCUT2D eigenvalue weighted by Gasteiger charge is 2.39. The summed E-state index contributed by atoms with van der Waals surface area (Å²) < 4.78 is 17.9. The zero-order chi connectivity index (χ0) is 36.6. The summed E-state index contributed by atoms with van der Waals surface area (Å²) in [6, 6.07) is 20.8. The second-order valence-electron chi connectivity index (χ2n) is 13.7. The van der Waals surface area contributed by atoms with Crippen LogP contribution in [0.2, 0.25) is 0 Å². The number of pyridine rings is 3. The first-order chi connectivity index (χ1) is 26.4. The minimum atomic E-state index is -0.635. The smallest absolute Gasteiger partial charge is 0.255 e. The van der Waals surface area contributed by atoms with Crippen molar-refractivity contribution in [1.29, 1.82) is 0 Å². The van der Waals surface area contributed by atoms with Crippen molar-refractivity contribution in [2.45, 2.75) is 57.1 Å². The number of nitrogens with one attached hydrogen (secondary N) is 2. The van der Waals surface area contributed by atoms with E-state index in [4.69, 9.17) is 14.2 Å². The lowest BCUT2D eigenvalue weighted by atomic mass is 9.92. The van der Waals surface area contributed by atoms with Gasteiger partial charge in [-0.2, -0.15) is 0 Å². The number of aromatic amines is 1. The van der Waals surface area contributed by atoms with E-state index in [-0.39, 0.29) is 37.0 Å². The minimum Gasteiger partial charge on any atom is -0.489 e. The molecule has 6 aromatic rings. The van der Waals surface area contributed by atoms with Crippen molar-refractivity contribution in [2.24, 2.45) is 0 Å². The number of fused-ring (bicyclic) bond motifs is 4. The first kappa shape index (κ1) is 33.3. The van der Waals surface area contributed by atoms with Crippen LogP contribution in [0.15, 0.2) is 91.5 Å². The van der Waals surface area contributed by atoms with Crippen molar-refractivity contribution < 1.29 is 28.6 Å². The molecule has 2 fully saturated rings. The van der Waals surface area contributed by atoms with Crippen LogP contribution in [0.5, 0.6) is 11.6 Å². The van der Waals surface area contributed by atoms with E-state index in [1.807, 2.05) is 54.9 Å². The van der Waals surface area contributed by atoms with Crippen LogP contribution in [-0.4, -0.2) is 67.4 Å². The Morgan fingerprint density at radius 1 is 0.833 bits per heavy atom. The largest absolute Gasteiger partial charge is 0.489 e. The normalized spacial score (nSPS) is 19.2. The van der Waals surface area contributed by atoms with Gasteiger partial charge in [0.25, 0.3) is 5.91 Å². The van der Waals surface area contributed by atoms with Gasteiger partial charge in [0.1, 0.15) is 36.3 Å². The number of amides is 3.